The smallest absolute Gasteiger partial charge is 0.128 e. The summed E-state index contributed by atoms with van der Waals surface area (Å²) in [6.07, 6.45) is 2.80. The molecule has 3 rings (SSSR count). The van der Waals surface area contributed by atoms with Crippen molar-refractivity contribution >= 4 is 17.4 Å². The van der Waals surface area contributed by atoms with Crippen molar-refractivity contribution < 1.29 is 5.11 Å². The lowest BCUT2D eigenvalue weighted by molar-refractivity contribution is 0.209. The number of anilines is 1. The monoisotopic (exact) mass is 267 g/mol. The normalized spacial score (nSPS) is 28.4. The highest BCUT2D eigenvalue weighted by Gasteiger charge is 2.35. The fourth-order valence-electron chi connectivity index (χ4n) is 3.04. The van der Waals surface area contributed by atoms with Gasteiger partial charge < -0.3 is 10.0 Å². The number of pyridine rings is 1. The maximum atomic E-state index is 9.26. The van der Waals surface area contributed by atoms with Gasteiger partial charge in [-0.15, -0.1) is 0 Å². The predicted molar refractivity (Wildman–Crippen MR) is 72.0 cm³/mol. The summed E-state index contributed by atoms with van der Waals surface area (Å²) in [6, 6.07) is 4.44. The summed E-state index contributed by atoms with van der Waals surface area (Å²) >= 11 is 5.86. The standard InChI is InChI=1S/C13H18ClN3O/c14-11-1-2-13(15-6-11)17-4-3-16-7-10(9-18)5-12(16)8-17/h1-2,6,10,12,18H,3-5,7-9H2/t10-,12-/m0/s1. The summed E-state index contributed by atoms with van der Waals surface area (Å²) in [7, 11) is 0. The third-order valence-corrected chi connectivity index (χ3v) is 4.22. The fourth-order valence-corrected chi connectivity index (χ4v) is 3.16. The number of aromatic nitrogens is 1. The number of hydrogen-bond donors (Lipinski definition) is 1. The molecule has 0 amide bonds. The third-order valence-electron chi connectivity index (χ3n) is 4.00. The summed E-state index contributed by atoms with van der Waals surface area (Å²) in [6.45, 7) is 4.43. The van der Waals surface area contributed by atoms with Crippen LogP contribution >= 0.6 is 11.6 Å². The van der Waals surface area contributed by atoms with E-state index in [1.807, 2.05) is 12.1 Å². The molecule has 1 aromatic heterocycles. The number of piperazine rings is 1. The van der Waals surface area contributed by atoms with Crippen molar-refractivity contribution in [1.82, 2.24) is 9.88 Å². The van der Waals surface area contributed by atoms with Crippen molar-refractivity contribution in [3.8, 4) is 0 Å². The molecule has 5 heteroatoms. The van der Waals surface area contributed by atoms with Crippen LogP contribution in [-0.4, -0.2) is 53.8 Å². The average Bonchev–Trinajstić information content (AvgIpc) is 2.81. The van der Waals surface area contributed by atoms with Gasteiger partial charge in [-0.25, -0.2) is 4.98 Å². The van der Waals surface area contributed by atoms with Crippen molar-refractivity contribution in [1.29, 1.82) is 0 Å². The molecule has 98 valence electrons. The Kier molecular flexibility index (Phi) is 3.41. The van der Waals surface area contributed by atoms with Crippen LogP contribution in [0.15, 0.2) is 18.3 Å². The highest BCUT2D eigenvalue weighted by atomic mass is 35.5. The van der Waals surface area contributed by atoms with E-state index in [0.717, 1.165) is 38.4 Å². The third kappa shape index (κ3) is 2.32. The predicted octanol–water partition coefficient (Wildman–Crippen LogP) is 1.24. The molecule has 2 aliphatic heterocycles. The Labute approximate surface area is 112 Å². The quantitative estimate of drug-likeness (QED) is 0.875. The Balaban J connectivity index is 1.68. The number of rotatable bonds is 2. The molecule has 1 aromatic rings. The first-order chi connectivity index (χ1) is 8.76. The van der Waals surface area contributed by atoms with Gasteiger partial charge in [0.25, 0.3) is 0 Å². The van der Waals surface area contributed by atoms with Crippen LogP contribution in [0.3, 0.4) is 0 Å². The lowest BCUT2D eigenvalue weighted by Crippen LogP contribution is -2.50. The second-order valence-electron chi connectivity index (χ2n) is 5.21. The molecule has 2 saturated heterocycles. The van der Waals surface area contributed by atoms with E-state index < -0.39 is 0 Å². The van der Waals surface area contributed by atoms with Crippen LogP contribution in [0.5, 0.6) is 0 Å². The van der Waals surface area contributed by atoms with Crippen LogP contribution in [0, 0.1) is 5.92 Å². The van der Waals surface area contributed by atoms with Crippen molar-refractivity contribution in [3.05, 3.63) is 23.4 Å². The van der Waals surface area contributed by atoms with Crippen LogP contribution in [0.2, 0.25) is 5.02 Å². The van der Waals surface area contributed by atoms with E-state index in [0.29, 0.717) is 23.6 Å². The van der Waals surface area contributed by atoms with E-state index in [2.05, 4.69) is 14.8 Å². The summed E-state index contributed by atoms with van der Waals surface area (Å²) in [5.41, 5.74) is 0. The lowest BCUT2D eigenvalue weighted by atomic mass is 10.1. The number of hydrogen-bond acceptors (Lipinski definition) is 4. The molecule has 1 N–H and O–H groups in total. The van der Waals surface area contributed by atoms with Gasteiger partial charge in [-0.1, -0.05) is 11.6 Å². The molecule has 2 atom stereocenters. The number of nitrogens with zero attached hydrogens (tertiary/aromatic N) is 3. The first-order valence-electron chi connectivity index (χ1n) is 6.47. The maximum absolute atomic E-state index is 9.26. The van der Waals surface area contributed by atoms with Crippen LogP contribution in [0.1, 0.15) is 6.42 Å². The van der Waals surface area contributed by atoms with Gasteiger partial charge in [0, 0.05) is 45.0 Å². The molecule has 0 bridgehead atoms. The molecular formula is C13H18ClN3O. The summed E-state index contributed by atoms with van der Waals surface area (Å²) in [5, 5.41) is 9.94. The Bertz CT molecular complexity index is 411. The van der Waals surface area contributed by atoms with Crippen molar-refractivity contribution in [3.63, 3.8) is 0 Å². The van der Waals surface area contributed by atoms with Crippen LogP contribution in [0.25, 0.3) is 0 Å². The number of aliphatic hydroxyl groups is 1. The molecule has 2 aliphatic rings. The Morgan fingerprint density at radius 2 is 2.22 bits per heavy atom. The minimum Gasteiger partial charge on any atom is -0.396 e. The molecule has 0 aliphatic carbocycles. The topological polar surface area (TPSA) is 39.6 Å². The molecule has 0 spiro atoms. The van der Waals surface area contributed by atoms with Gasteiger partial charge in [0.05, 0.1) is 5.02 Å². The van der Waals surface area contributed by atoms with E-state index in [1.165, 1.54) is 0 Å². The SMILES string of the molecule is OC[C@H]1C[C@H]2CN(c3ccc(Cl)cn3)CCN2C1. The summed E-state index contributed by atoms with van der Waals surface area (Å²) in [4.78, 5) is 9.19. The van der Waals surface area contributed by atoms with Crippen molar-refractivity contribution in [2.75, 3.05) is 37.7 Å². The second kappa shape index (κ2) is 5.03. The second-order valence-corrected chi connectivity index (χ2v) is 5.65. The zero-order valence-corrected chi connectivity index (χ0v) is 11.1. The molecule has 0 aromatic carbocycles. The largest absolute Gasteiger partial charge is 0.396 e. The zero-order valence-electron chi connectivity index (χ0n) is 10.3. The van der Waals surface area contributed by atoms with Gasteiger partial charge in [-0.3, -0.25) is 4.90 Å². The van der Waals surface area contributed by atoms with Gasteiger partial charge in [-0.2, -0.15) is 0 Å². The maximum Gasteiger partial charge on any atom is 0.128 e. The molecule has 2 fully saturated rings. The van der Waals surface area contributed by atoms with Gasteiger partial charge in [0.1, 0.15) is 5.82 Å². The van der Waals surface area contributed by atoms with Crippen molar-refractivity contribution in [2.24, 2.45) is 5.92 Å². The molecule has 0 unspecified atom stereocenters. The summed E-state index contributed by atoms with van der Waals surface area (Å²) in [5.74, 6) is 1.46. The minimum absolute atomic E-state index is 0.312. The molecule has 0 radical (unpaired) electrons. The van der Waals surface area contributed by atoms with Gasteiger partial charge >= 0.3 is 0 Å². The zero-order chi connectivity index (χ0) is 12.5. The van der Waals surface area contributed by atoms with E-state index in [-0.39, 0.29) is 0 Å². The van der Waals surface area contributed by atoms with Crippen LogP contribution < -0.4 is 4.90 Å². The molecular weight excluding hydrogens is 250 g/mol. The van der Waals surface area contributed by atoms with E-state index >= 15 is 0 Å². The fraction of sp³-hybridized carbons (Fsp3) is 0.615. The van der Waals surface area contributed by atoms with Crippen LogP contribution in [-0.2, 0) is 0 Å². The van der Waals surface area contributed by atoms with Gasteiger partial charge in [0.15, 0.2) is 0 Å². The summed E-state index contributed by atoms with van der Waals surface area (Å²) < 4.78 is 0. The highest BCUT2D eigenvalue weighted by molar-refractivity contribution is 6.30. The Morgan fingerprint density at radius 1 is 1.33 bits per heavy atom. The van der Waals surface area contributed by atoms with E-state index in [1.54, 1.807) is 6.20 Å². The van der Waals surface area contributed by atoms with Crippen LogP contribution in [0.4, 0.5) is 5.82 Å². The average molecular weight is 268 g/mol. The number of halogens is 1. The minimum atomic E-state index is 0.312. The lowest BCUT2D eigenvalue weighted by Gasteiger charge is -2.38. The first kappa shape index (κ1) is 12.2. The van der Waals surface area contributed by atoms with Crippen molar-refractivity contribution in [2.45, 2.75) is 12.5 Å². The number of fused-ring (bicyclic) bond motifs is 1. The van der Waals surface area contributed by atoms with E-state index in [4.69, 9.17) is 11.6 Å². The first-order valence-corrected chi connectivity index (χ1v) is 6.85. The van der Waals surface area contributed by atoms with Gasteiger partial charge in [0.2, 0.25) is 0 Å². The Hall–Kier alpha value is -0.840. The highest BCUT2D eigenvalue weighted by Crippen LogP contribution is 2.28. The molecule has 3 heterocycles. The molecule has 0 saturated carbocycles. The molecule has 4 nitrogen and oxygen atoms in total. The van der Waals surface area contributed by atoms with Gasteiger partial charge in [-0.05, 0) is 24.5 Å². The molecule has 18 heavy (non-hydrogen) atoms. The Morgan fingerprint density at radius 3 is 2.94 bits per heavy atom. The van der Waals surface area contributed by atoms with E-state index in [9.17, 15) is 5.11 Å². The number of aliphatic hydroxyl groups excluding tert-OH is 1.